The molecule has 0 aliphatic heterocycles. The summed E-state index contributed by atoms with van der Waals surface area (Å²) >= 11 is 0. The minimum Gasteiger partial charge on any atom is -0.496 e. The zero-order valence-corrected chi connectivity index (χ0v) is 9.78. The molecule has 0 aliphatic rings. The normalized spacial score (nSPS) is 10.7. The van der Waals surface area contributed by atoms with E-state index < -0.39 is 0 Å². The highest BCUT2D eigenvalue weighted by Crippen LogP contribution is 2.30. The van der Waals surface area contributed by atoms with Crippen LogP contribution in [0.15, 0.2) is 24.4 Å². The van der Waals surface area contributed by atoms with Gasteiger partial charge in [0.2, 0.25) is 0 Å². The number of methoxy groups -OCH3 is 1. The van der Waals surface area contributed by atoms with Crippen molar-refractivity contribution in [1.82, 2.24) is 4.57 Å². The van der Waals surface area contributed by atoms with E-state index in [9.17, 15) is 4.79 Å². The smallest absolute Gasteiger partial charge is 0.164 e. The summed E-state index contributed by atoms with van der Waals surface area (Å²) in [5.74, 6) is 0.907. The molecular weight excluding hydrogens is 202 g/mol. The Labute approximate surface area is 94.6 Å². The summed E-state index contributed by atoms with van der Waals surface area (Å²) in [6.07, 6.45) is 2.39. The molecule has 2 rings (SSSR count). The van der Waals surface area contributed by atoms with Gasteiger partial charge in [0, 0.05) is 25.2 Å². The number of benzene rings is 1. The first-order valence-electron chi connectivity index (χ1n) is 5.34. The summed E-state index contributed by atoms with van der Waals surface area (Å²) in [5.41, 5.74) is 1.77. The monoisotopic (exact) mass is 217 g/mol. The average Bonchev–Trinajstić information content (AvgIpc) is 2.66. The lowest BCUT2D eigenvalue weighted by molar-refractivity contribution is 0.0989. The number of carbonyl (C=O) groups excluding carboxylic acids is 1. The SMILES string of the molecule is CCC(=O)c1cn(C)c2cccc(OC)c12. The van der Waals surface area contributed by atoms with Gasteiger partial charge in [-0.25, -0.2) is 0 Å². The van der Waals surface area contributed by atoms with Crippen LogP contribution in [0.2, 0.25) is 0 Å². The van der Waals surface area contributed by atoms with Gasteiger partial charge in [-0.1, -0.05) is 13.0 Å². The predicted molar refractivity (Wildman–Crippen MR) is 64.1 cm³/mol. The number of aryl methyl sites for hydroxylation is 1. The van der Waals surface area contributed by atoms with Crippen LogP contribution in [0.4, 0.5) is 0 Å². The molecule has 3 heteroatoms. The van der Waals surface area contributed by atoms with Gasteiger partial charge < -0.3 is 9.30 Å². The highest BCUT2D eigenvalue weighted by atomic mass is 16.5. The molecule has 0 fully saturated rings. The van der Waals surface area contributed by atoms with Gasteiger partial charge in [-0.2, -0.15) is 0 Å². The Balaban J connectivity index is 2.79. The standard InChI is InChI=1S/C13H15NO2/c1-4-11(15)9-8-14(2)10-6-5-7-12(16-3)13(9)10/h5-8H,4H2,1-3H3. The van der Waals surface area contributed by atoms with Crippen molar-refractivity contribution in [3.63, 3.8) is 0 Å². The van der Waals surface area contributed by atoms with Crippen LogP contribution < -0.4 is 4.74 Å². The van der Waals surface area contributed by atoms with E-state index in [1.807, 2.05) is 42.9 Å². The topological polar surface area (TPSA) is 31.2 Å². The Morgan fingerprint density at radius 1 is 1.44 bits per heavy atom. The first kappa shape index (κ1) is 10.7. The molecule has 0 N–H and O–H groups in total. The van der Waals surface area contributed by atoms with E-state index in [0.717, 1.165) is 22.2 Å². The molecule has 0 saturated heterocycles. The highest BCUT2D eigenvalue weighted by molar-refractivity contribution is 6.10. The summed E-state index contributed by atoms with van der Waals surface area (Å²) in [5, 5.41) is 0.916. The van der Waals surface area contributed by atoms with E-state index in [-0.39, 0.29) is 5.78 Å². The molecule has 1 heterocycles. The Kier molecular flexibility index (Phi) is 2.69. The summed E-state index contributed by atoms with van der Waals surface area (Å²) in [6.45, 7) is 1.87. The van der Waals surface area contributed by atoms with Gasteiger partial charge in [0.15, 0.2) is 5.78 Å². The van der Waals surface area contributed by atoms with Crippen molar-refractivity contribution < 1.29 is 9.53 Å². The van der Waals surface area contributed by atoms with E-state index in [4.69, 9.17) is 4.74 Å². The van der Waals surface area contributed by atoms with Crippen LogP contribution in [-0.4, -0.2) is 17.5 Å². The molecule has 0 aliphatic carbocycles. The van der Waals surface area contributed by atoms with Gasteiger partial charge in [0.05, 0.1) is 18.0 Å². The number of aromatic nitrogens is 1. The fourth-order valence-corrected chi connectivity index (χ4v) is 1.98. The number of hydrogen-bond donors (Lipinski definition) is 0. The third-order valence-electron chi connectivity index (χ3n) is 2.82. The quantitative estimate of drug-likeness (QED) is 0.740. The lowest BCUT2D eigenvalue weighted by Crippen LogP contribution is -1.95. The highest BCUT2D eigenvalue weighted by Gasteiger charge is 2.15. The second-order valence-corrected chi connectivity index (χ2v) is 3.78. The summed E-state index contributed by atoms with van der Waals surface area (Å²) in [6, 6.07) is 5.81. The van der Waals surface area contributed by atoms with Crippen molar-refractivity contribution in [2.45, 2.75) is 13.3 Å². The van der Waals surface area contributed by atoms with Crippen molar-refractivity contribution in [1.29, 1.82) is 0 Å². The van der Waals surface area contributed by atoms with Crippen LogP contribution in [0.1, 0.15) is 23.7 Å². The molecule has 84 valence electrons. The van der Waals surface area contributed by atoms with Crippen molar-refractivity contribution in [2.24, 2.45) is 7.05 Å². The molecular formula is C13H15NO2. The van der Waals surface area contributed by atoms with E-state index in [2.05, 4.69) is 0 Å². The second kappa shape index (κ2) is 4.00. The van der Waals surface area contributed by atoms with Crippen LogP contribution in [0, 0.1) is 0 Å². The molecule has 1 aromatic carbocycles. The van der Waals surface area contributed by atoms with Crippen molar-refractivity contribution in [3.8, 4) is 5.75 Å². The minimum atomic E-state index is 0.148. The summed E-state index contributed by atoms with van der Waals surface area (Å²) < 4.78 is 7.27. The van der Waals surface area contributed by atoms with E-state index in [1.54, 1.807) is 7.11 Å². The van der Waals surface area contributed by atoms with E-state index in [1.165, 1.54) is 0 Å². The molecule has 0 amide bonds. The van der Waals surface area contributed by atoms with Gasteiger partial charge in [0.1, 0.15) is 5.75 Å². The number of carbonyl (C=O) groups is 1. The maximum Gasteiger partial charge on any atom is 0.164 e. The lowest BCUT2D eigenvalue weighted by atomic mass is 10.1. The first-order chi connectivity index (χ1) is 7.69. The van der Waals surface area contributed by atoms with Crippen molar-refractivity contribution in [3.05, 3.63) is 30.0 Å². The number of hydrogen-bond acceptors (Lipinski definition) is 2. The fourth-order valence-electron chi connectivity index (χ4n) is 1.98. The number of ketones is 1. The van der Waals surface area contributed by atoms with Crippen LogP contribution in [0.25, 0.3) is 10.9 Å². The van der Waals surface area contributed by atoms with Crippen molar-refractivity contribution in [2.75, 3.05) is 7.11 Å². The molecule has 2 aromatic rings. The molecule has 3 nitrogen and oxygen atoms in total. The maximum atomic E-state index is 11.8. The lowest BCUT2D eigenvalue weighted by Gasteiger charge is -2.03. The first-order valence-corrected chi connectivity index (χ1v) is 5.34. The molecule has 0 unspecified atom stereocenters. The molecule has 0 saturated carbocycles. The molecule has 0 radical (unpaired) electrons. The van der Waals surface area contributed by atoms with Gasteiger partial charge in [-0.05, 0) is 12.1 Å². The Bertz CT molecular complexity index is 540. The number of nitrogens with zero attached hydrogens (tertiary/aromatic N) is 1. The zero-order chi connectivity index (χ0) is 11.7. The molecule has 1 aromatic heterocycles. The van der Waals surface area contributed by atoms with Crippen LogP contribution in [0.3, 0.4) is 0 Å². The van der Waals surface area contributed by atoms with Gasteiger partial charge in [-0.15, -0.1) is 0 Å². The molecule has 0 bridgehead atoms. The fraction of sp³-hybridized carbons (Fsp3) is 0.308. The van der Waals surface area contributed by atoms with Crippen LogP contribution in [0.5, 0.6) is 5.75 Å². The van der Waals surface area contributed by atoms with Crippen molar-refractivity contribution >= 4 is 16.7 Å². The largest absolute Gasteiger partial charge is 0.496 e. The maximum absolute atomic E-state index is 11.8. The second-order valence-electron chi connectivity index (χ2n) is 3.78. The number of rotatable bonds is 3. The van der Waals surface area contributed by atoms with E-state index in [0.29, 0.717) is 6.42 Å². The number of fused-ring (bicyclic) bond motifs is 1. The van der Waals surface area contributed by atoms with E-state index >= 15 is 0 Å². The zero-order valence-electron chi connectivity index (χ0n) is 9.78. The Morgan fingerprint density at radius 2 is 2.19 bits per heavy atom. The molecule has 0 atom stereocenters. The predicted octanol–water partition coefficient (Wildman–Crippen LogP) is 2.78. The van der Waals surface area contributed by atoms with Gasteiger partial charge in [0.25, 0.3) is 0 Å². The van der Waals surface area contributed by atoms with Gasteiger partial charge in [-0.3, -0.25) is 4.79 Å². The third-order valence-corrected chi connectivity index (χ3v) is 2.82. The van der Waals surface area contributed by atoms with Gasteiger partial charge >= 0.3 is 0 Å². The number of Topliss-reactive ketones (excluding diaryl/α,β-unsaturated/α-hetero) is 1. The average molecular weight is 217 g/mol. The Hall–Kier alpha value is -1.77. The van der Waals surface area contributed by atoms with Crippen LogP contribution in [-0.2, 0) is 7.05 Å². The summed E-state index contributed by atoms with van der Waals surface area (Å²) in [4.78, 5) is 11.8. The molecule has 16 heavy (non-hydrogen) atoms. The molecule has 0 spiro atoms. The number of ether oxygens (including phenoxy) is 1. The summed E-state index contributed by atoms with van der Waals surface area (Å²) in [7, 11) is 3.57. The minimum absolute atomic E-state index is 0.148. The Morgan fingerprint density at radius 3 is 2.81 bits per heavy atom. The van der Waals surface area contributed by atoms with Crippen LogP contribution >= 0.6 is 0 Å². The third kappa shape index (κ3) is 1.48.